The van der Waals surface area contributed by atoms with Crippen molar-refractivity contribution in [2.45, 2.75) is 0 Å². The maximum atomic E-state index is 7.23. The van der Waals surface area contributed by atoms with Crippen LogP contribution in [0.2, 0.25) is 0 Å². The molecular formula is C57H33N5O2. The van der Waals surface area contributed by atoms with Crippen LogP contribution >= 0.6 is 0 Å². The summed E-state index contributed by atoms with van der Waals surface area (Å²) >= 11 is 0. The van der Waals surface area contributed by atoms with E-state index in [0.717, 1.165) is 88.4 Å². The van der Waals surface area contributed by atoms with Crippen LogP contribution in [0.5, 0.6) is 0 Å². The fraction of sp³-hybridized carbons (Fsp3) is 0. The molecule has 64 heavy (non-hydrogen) atoms. The summed E-state index contributed by atoms with van der Waals surface area (Å²) in [6.07, 6.45) is 0. The van der Waals surface area contributed by atoms with Crippen molar-refractivity contribution in [2.75, 3.05) is 0 Å². The maximum absolute atomic E-state index is 7.23. The number of furan rings is 2. The first-order valence-electron chi connectivity index (χ1n) is 21.4. The Kier molecular flexibility index (Phi) is 7.27. The molecule has 0 saturated heterocycles. The summed E-state index contributed by atoms with van der Waals surface area (Å²) in [7, 11) is 0. The lowest BCUT2D eigenvalue weighted by atomic mass is 10.1. The zero-order valence-corrected chi connectivity index (χ0v) is 34.1. The first kappa shape index (κ1) is 34.9. The van der Waals surface area contributed by atoms with Crippen LogP contribution in [0.4, 0.5) is 0 Å². The molecule has 0 unspecified atom stereocenters. The molecule has 0 amide bonds. The van der Waals surface area contributed by atoms with E-state index < -0.39 is 0 Å². The molecule has 0 fully saturated rings. The fourth-order valence-corrected chi connectivity index (χ4v) is 10.0. The third-order valence-corrected chi connectivity index (χ3v) is 12.8. The van der Waals surface area contributed by atoms with Gasteiger partial charge in [0.05, 0.1) is 38.9 Å². The lowest BCUT2D eigenvalue weighted by Crippen LogP contribution is -2.00. The molecular weight excluding hydrogens is 787 g/mol. The summed E-state index contributed by atoms with van der Waals surface area (Å²) in [5.41, 5.74) is 12.0. The van der Waals surface area contributed by atoms with E-state index in [2.05, 4.69) is 143 Å². The van der Waals surface area contributed by atoms with Crippen molar-refractivity contribution >= 4 is 87.5 Å². The number of fused-ring (bicyclic) bond motifs is 13. The molecule has 0 spiro atoms. The molecule has 5 aromatic heterocycles. The van der Waals surface area contributed by atoms with Crippen molar-refractivity contribution < 1.29 is 8.83 Å². The quantitative estimate of drug-likeness (QED) is 0.173. The van der Waals surface area contributed by atoms with E-state index in [9.17, 15) is 0 Å². The second kappa shape index (κ2) is 13.3. The van der Waals surface area contributed by atoms with Gasteiger partial charge in [-0.05, 0) is 48.5 Å². The highest BCUT2D eigenvalue weighted by molar-refractivity contribution is 6.24. The van der Waals surface area contributed by atoms with Gasteiger partial charge in [-0.1, -0.05) is 152 Å². The van der Waals surface area contributed by atoms with Crippen LogP contribution in [0, 0.1) is 0 Å². The summed E-state index contributed by atoms with van der Waals surface area (Å²) < 4.78 is 18.5. The fourth-order valence-electron chi connectivity index (χ4n) is 10.0. The number of aromatic nitrogens is 5. The van der Waals surface area contributed by atoms with Gasteiger partial charge in [-0.3, -0.25) is 0 Å². The molecule has 7 nitrogen and oxygen atoms in total. The molecule has 0 N–H and O–H groups in total. The lowest BCUT2D eigenvalue weighted by molar-refractivity contribution is 0.667. The Hall–Kier alpha value is -8.81. The molecule has 7 heteroatoms. The third kappa shape index (κ3) is 4.94. The average molecular weight is 820 g/mol. The van der Waals surface area contributed by atoms with E-state index in [1.54, 1.807) is 0 Å². The molecule has 0 aliphatic heterocycles. The highest BCUT2D eigenvalue weighted by Gasteiger charge is 2.25. The summed E-state index contributed by atoms with van der Waals surface area (Å²) in [4.78, 5) is 15.5. The van der Waals surface area contributed by atoms with Gasteiger partial charge < -0.3 is 18.0 Å². The van der Waals surface area contributed by atoms with E-state index in [0.29, 0.717) is 23.1 Å². The molecule has 0 radical (unpaired) electrons. The highest BCUT2D eigenvalue weighted by atomic mass is 16.3. The van der Waals surface area contributed by atoms with Crippen LogP contribution in [-0.4, -0.2) is 24.1 Å². The van der Waals surface area contributed by atoms with Gasteiger partial charge in [0, 0.05) is 54.3 Å². The molecule has 0 atom stereocenters. The zero-order chi connectivity index (χ0) is 41.9. The molecule has 14 aromatic rings. The Morgan fingerprint density at radius 2 is 0.797 bits per heavy atom. The standard InChI is InChI=1S/C57H33N5O2/c1-3-16-34(17-4-1)55-58-56(44-26-13-23-41-38-22-9-12-31-49(38)63-52(41)44)60-57(59-55)45-27-14-24-42-43-25-15-30-48(54(43)64-53(42)45)62-47-29-11-8-21-37(47)40-33-32-39-36-20-7-10-28-46(36)61(50(39)51(40)62)35-18-5-2-6-19-35/h1-33H. The largest absolute Gasteiger partial charge is 0.455 e. The number of benzene rings is 9. The Morgan fingerprint density at radius 1 is 0.312 bits per heavy atom. The van der Waals surface area contributed by atoms with Gasteiger partial charge in [0.2, 0.25) is 0 Å². The summed E-state index contributed by atoms with van der Waals surface area (Å²) in [6, 6.07) is 69.6. The van der Waals surface area contributed by atoms with Gasteiger partial charge in [-0.2, -0.15) is 0 Å². The molecule has 298 valence electrons. The topological polar surface area (TPSA) is 74.8 Å². The van der Waals surface area contributed by atoms with Crippen LogP contribution in [0.3, 0.4) is 0 Å². The summed E-state index contributed by atoms with van der Waals surface area (Å²) in [6.45, 7) is 0. The molecule has 9 aromatic carbocycles. The van der Waals surface area contributed by atoms with Crippen LogP contribution < -0.4 is 0 Å². The Morgan fingerprint density at radius 3 is 1.48 bits per heavy atom. The second-order valence-electron chi connectivity index (χ2n) is 16.3. The van der Waals surface area contributed by atoms with Crippen molar-refractivity contribution in [3.63, 3.8) is 0 Å². The predicted octanol–water partition coefficient (Wildman–Crippen LogP) is 14.9. The molecule has 14 rings (SSSR count). The number of hydrogen-bond donors (Lipinski definition) is 0. The van der Waals surface area contributed by atoms with Crippen molar-refractivity contribution in [3.8, 4) is 45.5 Å². The van der Waals surface area contributed by atoms with Gasteiger partial charge in [0.15, 0.2) is 23.1 Å². The number of rotatable bonds is 5. The first-order valence-corrected chi connectivity index (χ1v) is 21.4. The van der Waals surface area contributed by atoms with E-state index in [-0.39, 0.29) is 0 Å². The van der Waals surface area contributed by atoms with E-state index in [1.807, 2.05) is 66.7 Å². The van der Waals surface area contributed by atoms with Gasteiger partial charge in [0.1, 0.15) is 16.7 Å². The Bertz CT molecular complexity index is 4200. The van der Waals surface area contributed by atoms with Crippen molar-refractivity contribution in [1.82, 2.24) is 24.1 Å². The van der Waals surface area contributed by atoms with E-state index >= 15 is 0 Å². The summed E-state index contributed by atoms with van der Waals surface area (Å²) in [5.74, 6) is 1.59. The van der Waals surface area contributed by atoms with Gasteiger partial charge in [0.25, 0.3) is 0 Å². The van der Waals surface area contributed by atoms with Crippen LogP contribution in [0.1, 0.15) is 0 Å². The molecule has 0 aliphatic carbocycles. The molecule has 5 heterocycles. The highest BCUT2D eigenvalue weighted by Crippen LogP contribution is 2.45. The molecule has 0 aliphatic rings. The third-order valence-electron chi connectivity index (χ3n) is 12.8. The minimum atomic E-state index is 0.508. The Labute approximate surface area is 364 Å². The molecule has 0 bridgehead atoms. The number of para-hydroxylation sites is 7. The van der Waals surface area contributed by atoms with Crippen LogP contribution in [-0.2, 0) is 0 Å². The van der Waals surface area contributed by atoms with E-state index in [1.165, 1.54) is 21.5 Å². The monoisotopic (exact) mass is 819 g/mol. The number of hydrogen-bond acceptors (Lipinski definition) is 5. The van der Waals surface area contributed by atoms with Gasteiger partial charge in [-0.15, -0.1) is 0 Å². The van der Waals surface area contributed by atoms with Gasteiger partial charge in [-0.25, -0.2) is 15.0 Å². The smallest absolute Gasteiger partial charge is 0.167 e. The van der Waals surface area contributed by atoms with Crippen molar-refractivity contribution in [2.24, 2.45) is 0 Å². The van der Waals surface area contributed by atoms with E-state index in [4.69, 9.17) is 23.8 Å². The average Bonchev–Trinajstić information content (AvgIpc) is 4.12. The molecule has 0 saturated carbocycles. The minimum Gasteiger partial charge on any atom is -0.455 e. The van der Waals surface area contributed by atoms with Crippen molar-refractivity contribution in [1.29, 1.82) is 0 Å². The van der Waals surface area contributed by atoms with Crippen molar-refractivity contribution in [3.05, 3.63) is 200 Å². The zero-order valence-electron chi connectivity index (χ0n) is 34.1. The minimum absolute atomic E-state index is 0.508. The first-order chi connectivity index (χ1) is 31.8. The van der Waals surface area contributed by atoms with Crippen LogP contribution in [0.15, 0.2) is 209 Å². The predicted molar refractivity (Wildman–Crippen MR) is 259 cm³/mol. The Balaban J connectivity index is 1.05. The second-order valence-corrected chi connectivity index (χ2v) is 16.3. The van der Waals surface area contributed by atoms with Crippen LogP contribution in [0.25, 0.3) is 133 Å². The SMILES string of the molecule is c1ccc(-c2nc(-c3cccc4c3oc3ccccc34)nc(-c3cccc4c3oc3c(-n5c6ccccc6c6ccc7c8ccccc8n(-c8ccccc8)c7c65)cccc34)n2)cc1. The number of nitrogens with zero attached hydrogens (tertiary/aromatic N) is 5. The van der Waals surface area contributed by atoms with Gasteiger partial charge >= 0.3 is 0 Å². The maximum Gasteiger partial charge on any atom is 0.167 e. The summed E-state index contributed by atoms with van der Waals surface area (Å²) in [5, 5.41) is 8.76. The lowest BCUT2D eigenvalue weighted by Gasteiger charge is -2.12. The normalized spacial score (nSPS) is 12.1.